The van der Waals surface area contributed by atoms with Gasteiger partial charge in [0.25, 0.3) is 15.9 Å². The first-order chi connectivity index (χ1) is 17.7. The molecule has 0 bridgehead atoms. The summed E-state index contributed by atoms with van der Waals surface area (Å²) in [7, 11) is -4.04. The van der Waals surface area contributed by atoms with Gasteiger partial charge in [-0.2, -0.15) is 5.10 Å². The van der Waals surface area contributed by atoms with Gasteiger partial charge in [-0.3, -0.25) is 4.79 Å². The molecule has 37 heavy (non-hydrogen) atoms. The molecule has 0 radical (unpaired) electrons. The van der Waals surface area contributed by atoms with Crippen LogP contribution in [-0.4, -0.2) is 36.6 Å². The third-order valence-electron chi connectivity index (χ3n) is 5.54. The average molecular weight is 556 g/mol. The number of amides is 1. The normalized spacial score (nSPS) is 11.6. The summed E-state index contributed by atoms with van der Waals surface area (Å²) in [6.07, 6.45) is 2.95. The van der Waals surface area contributed by atoms with Gasteiger partial charge in [0.15, 0.2) is 0 Å². The molecule has 2 heterocycles. The van der Waals surface area contributed by atoms with E-state index in [2.05, 4.69) is 15.5 Å². The maximum absolute atomic E-state index is 13.3. The molecule has 0 unspecified atom stereocenters. The molecule has 8 nitrogen and oxygen atoms in total. The van der Waals surface area contributed by atoms with E-state index in [1.807, 2.05) is 24.5 Å². The zero-order chi connectivity index (χ0) is 26.6. The molecular formula is C26H23Cl2N5O3S. The second kappa shape index (κ2) is 11.2. The Morgan fingerprint density at radius 3 is 2.49 bits per heavy atom. The highest BCUT2D eigenvalue weighted by Crippen LogP contribution is 2.28. The molecule has 4 rings (SSSR count). The van der Waals surface area contributed by atoms with E-state index in [9.17, 15) is 13.2 Å². The molecule has 2 aromatic heterocycles. The van der Waals surface area contributed by atoms with E-state index in [4.69, 9.17) is 23.2 Å². The fourth-order valence-electron chi connectivity index (χ4n) is 3.80. The minimum atomic E-state index is -4.04. The van der Waals surface area contributed by atoms with Crippen LogP contribution in [0, 0.1) is 13.8 Å². The molecule has 0 aliphatic carbocycles. The molecule has 1 amide bonds. The molecule has 1 N–H and O–H groups in total. The van der Waals surface area contributed by atoms with Crippen LogP contribution >= 0.6 is 23.2 Å². The second-order valence-corrected chi connectivity index (χ2v) is 10.8. The van der Waals surface area contributed by atoms with Crippen molar-refractivity contribution in [1.29, 1.82) is 0 Å². The smallest absolute Gasteiger partial charge is 0.265 e. The zero-order valence-electron chi connectivity index (χ0n) is 20.0. The number of rotatable bonds is 8. The summed E-state index contributed by atoms with van der Waals surface area (Å²) in [5.74, 6) is -0.513. The summed E-state index contributed by atoms with van der Waals surface area (Å²) in [6.45, 7) is 3.30. The lowest BCUT2D eigenvalue weighted by Crippen LogP contribution is -2.40. The molecule has 0 saturated heterocycles. The lowest BCUT2D eigenvalue weighted by molar-refractivity contribution is -0.119. The summed E-state index contributed by atoms with van der Waals surface area (Å²) >= 11 is 12.5. The van der Waals surface area contributed by atoms with Crippen molar-refractivity contribution in [2.75, 3.05) is 10.8 Å². The number of halogens is 2. The number of hydrogen-bond donors (Lipinski definition) is 1. The molecule has 0 aliphatic heterocycles. The maximum atomic E-state index is 13.3. The number of pyridine rings is 1. The molecule has 0 saturated carbocycles. The Morgan fingerprint density at radius 1 is 1.05 bits per heavy atom. The number of aryl methyl sites for hydroxylation is 1. The molecule has 2 aromatic carbocycles. The highest BCUT2D eigenvalue weighted by Gasteiger charge is 2.27. The van der Waals surface area contributed by atoms with Crippen LogP contribution in [-0.2, 0) is 14.8 Å². The van der Waals surface area contributed by atoms with Crippen molar-refractivity contribution < 1.29 is 13.2 Å². The number of carbonyl (C=O) groups is 1. The number of hydrogen-bond acceptors (Lipinski definition) is 5. The predicted octanol–water partition coefficient (Wildman–Crippen LogP) is 5.14. The van der Waals surface area contributed by atoms with Gasteiger partial charge in [0.05, 0.1) is 21.8 Å². The third-order valence-corrected chi connectivity index (χ3v) is 7.85. The Hall–Kier alpha value is -3.66. The Morgan fingerprint density at radius 2 is 1.78 bits per heavy atom. The SMILES string of the molecule is Cc1cc(/C=N/NC(=O)CN(c2ccccn2)S(=O)(=O)c2ccccc2)c(C)n1-c1cc(Cl)ccc1Cl. The highest BCUT2D eigenvalue weighted by atomic mass is 35.5. The molecule has 4 aromatic rings. The summed E-state index contributed by atoms with van der Waals surface area (Å²) < 4.78 is 29.4. The van der Waals surface area contributed by atoms with E-state index >= 15 is 0 Å². The topological polar surface area (TPSA) is 96.7 Å². The summed E-state index contributed by atoms with van der Waals surface area (Å²) in [5.41, 5.74) is 5.61. The number of sulfonamides is 1. The maximum Gasteiger partial charge on any atom is 0.265 e. The van der Waals surface area contributed by atoms with Gasteiger partial charge in [0.2, 0.25) is 0 Å². The lowest BCUT2D eigenvalue weighted by atomic mass is 10.2. The largest absolute Gasteiger partial charge is 0.316 e. The fourth-order valence-corrected chi connectivity index (χ4v) is 5.56. The van der Waals surface area contributed by atoms with Crippen molar-refractivity contribution in [2.24, 2.45) is 5.10 Å². The second-order valence-electron chi connectivity index (χ2n) is 8.06. The van der Waals surface area contributed by atoms with Gasteiger partial charge in [0.1, 0.15) is 12.4 Å². The van der Waals surface area contributed by atoms with Gasteiger partial charge >= 0.3 is 0 Å². The summed E-state index contributed by atoms with van der Waals surface area (Å²) in [5, 5.41) is 5.15. The van der Waals surface area contributed by atoms with Gasteiger partial charge in [-0.15, -0.1) is 0 Å². The van der Waals surface area contributed by atoms with Gasteiger partial charge in [-0.1, -0.05) is 47.5 Å². The molecule has 0 atom stereocenters. The molecule has 0 spiro atoms. The molecule has 0 fully saturated rings. The van der Waals surface area contributed by atoms with E-state index in [0.29, 0.717) is 10.0 Å². The summed E-state index contributed by atoms with van der Waals surface area (Å²) in [4.78, 5) is 16.9. The zero-order valence-corrected chi connectivity index (χ0v) is 22.3. The highest BCUT2D eigenvalue weighted by molar-refractivity contribution is 7.92. The van der Waals surface area contributed by atoms with Gasteiger partial charge in [-0.25, -0.2) is 23.1 Å². The van der Waals surface area contributed by atoms with Crippen LogP contribution in [0.15, 0.2) is 89.0 Å². The number of nitrogens with zero attached hydrogens (tertiary/aromatic N) is 4. The van der Waals surface area contributed by atoms with E-state index < -0.39 is 22.5 Å². The van der Waals surface area contributed by atoms with E-state index in [1.54, 1.807) is 48.5 Å². The van der Waals surface area contributed by atoms with Crippen LogP contribution in [0.1, 0.15) is 17.0 Å². The van der Waals surface area contributed by atoms with Gasteiger partial charge < -0.3 is 4.57 Å². The fraction of sp³-hybridized carbons (Fsp3) is 0.115. The van der Waals surface area contributed by atoms with Gasteiger partial charge in [0, 0.05) is 28.2 Å². The van der Waals surface area contributed by atoms with E-state index in [0.717, 1.165) is 26.9 Å². The number of anilines is 1. The average Bonchev–Trinajstić information content (AvgIpc) is 3.17. The standard InChI is InChI=1S/C26H23Cl2N5O3S/c1-18-14-20(19(2)33(18)24-15-21(27)11-12-23(24)28)16-30-31-26(34)17-32(25-10-6-7-13-29-25)37(35,36)22-8-4-3-5-9-22/h3-16H,17H2,1-2H3,(H,31,34)/b30-16+. The molecule has 0 aliphatic rings. The van der Waals surface area contributed by atoms with Crippen LogP contribution < -0.4 is 9.73 Å². The van der Waals surface area contributed by atoms with E-state index in [1.165, 1.54) is 30.6 Å². The molecule has 11 heteroatoms. The predicted molar refractivity (Wildman–Crippen MR) is 146 cm³/mol. The van der Waals surface area contributed by atoms with Crippen molar-refractivity contribution in [1.82, 2.24) is 15.0 Å². The van der Waals surface area contributed by atoms with Crippen molar-refractivity contribution in [3.8, 4) is 5.69 Å². The van der Waals surface area contributed by atoms with Crippen molar-refractivity contribution >= 4 is 51.2 Å². The number of benzene rings is 2. The number of hydrazone groups is 1. The first kappa shape index (κ1) is 26.4. The van der Waals surface area contributed by atoms with Crippen LogP contribution in [0.3, 0.4) is 0 Å². The number of nitrogens with one attached hydrogen (secondary N) is 1. The number of carbonyl (C=O) groups excluding carboxylic acids is 1. The van der Waals surface area contributed by atoms with Crippen LogP contribution in [0.2, 0.25) is 10.0 Å². The van der Waals surface area contributed by atoms with Crippen LogP contribution in [0.5, 0.6) is 0 Å². The Balaban J connectivity index is 1.54. The minimum Gasteiger partial charge on any atom is -0.316 e. The van der Waals surface area contributed by atoms with Crippen molar-refractivity contribution in [3.05, 3.63) is 106 Å². The lowest BCUT2D eigenvalue weighted by Gasteiger charge is -2.22. The van der Waals surface area contributed by atoms with Crippen LogP contribution in [0.4, 0.5) is 5.82 Å². The monoisotopic (exact) mass is 555 g/mol. The van der Waals surface area contributed by atoms with E-state index in [-0.39, 0.29) is 10.7 Å². The number of aromatic nitrogens is 2. The Bertz CT molecular complexity index is 1560. The van der Waals surface area contributed by atoms with Crippen molar-refractivity contribution in [2.45, 2.75) is 18.7 Å². The minimum absolute atomic E-state index is 0.0454. The molecular weight excluding hydrogens is 533 g/mol. The summed E-state index contributed by atoms with van der Waals surface area (Å²) in [6, 6.07) is 19.8. The Labute approximate surface area is 225 Å². The Kier molecular flexibility index (Phi) is 7.97. The first-order valence-electron chi connectivity index (χ1n) is 11.1. The first-order valence-corrected chi connectivity index (χ1v) is 13.3. The van der Waals surface area contributed by atoms with Gasteiger partial charge in [-0.05, 0) is 62.4 Å². The van der Waals surface area contributed by atoms with Crippen molar-refractivity contribution in [3.63, 3.8) is 0 Å². The molecule has 190 valence electrons. The third kappa shape index (κ3) is 5.85. The van der Waals surface area contributed by atoms with Crippen LogP contribution in [0.25, 0.3) is 5.69 Å². The quantitative estimate of drug-likeness (QED) is 0.240.